The van der Waals surface area contributed by atoms with E-state index in [-0.39, 0.29) is 36.7 Å². The van der Waals surface area contributed by atoms with Gasteiger partial charge in [0.25, 0.3) is 0 Å². The van der Waals surface area contributed by atoms with Gasteiger partial charge in [-0.1, -0.05) is 25.3 Å². The number of hydrogen-bond acceptors (Lipinski definition) is 5. The topological polar surface area (TPSA) is 84.9 Å². The van der Waals surface area contributed by atoms with Crippen LogP contribution in [0.3, 0.4) is 0 Å². The third-order valence-electron chi connectivity index (χ3n) is 6.05. The second-order valence-corrected chi connectivity index (χ2v) is 8.00. The Bertz CT molecular complexity index is 800. The van der Waals surface area contributed by atoms with Gasteiger partial charge in [-0.05, 0) is 37.5 Å². The molecule has 0 radical (unpaired) electrons. The largest absolute Gasteiger partial charge is 0.486 e. The fourth-order valence-corrected chi connectivity index (χ4v) is 4.48. The summed E-state index contributed by atoms with van der Waals surface area (Å²) in [7, 11) is 0. The van der Waals surface area contributed by atoms with Gasteiger partial charge in [-0.2, -0.15) is 0 Å². The molecule has 1 saturated heterocycles. The smallest absolute Gasteiger partial charge is 0.240 e. The Hall–Kier alpha value is -2.57. The van der Waals surface area contributed by atoms with Crippen LogP contribution >= 0.6 is 0 Å². The summed E-state index contributed by atoms with van der Waals surface area (Å²) in [6.45, 7) is 2.67. The summed E-state index contributed by atoms with van der Waals surface area (Å²) < 4.78 is 11.1. The number of ether oxygens (including phenoxy) is 2. The molecule has 4 rings (SSSR count). The molecule has 1 spiro atoms. The van der Waals surface area contributed by atoms with Crippen LogP contribution in [0.2, 0.25) is 0 Å². The summed E-state index contributed by atoms with van der Waals surface area (Å²) in [5, 5.41) is 2.88. The maximum absolute atomic E-state index is 12.8. The van der Waals surface area contributed by atoms with Crippen molar-refractivity contribution in [2.45, 2.75) is 51.5 Å². The molecule has 7 heteroatoms. The van der Waals surface area contributed by atoms with E-state index in [1.54, 1.807) is 0 Å². The van der Waals surface area contributed by atoms with E-state index in [9.17, 15) is 14.4 Å². The number of fused-ring (bicyclic) bond motifs is 1. The van der Waals surface area contributed by atoms with Crippen molar-refractivity contribution in [3.05, 3.63) is 23.8 Å². The SMILES string of the molecule is CC(NC(=O)CN1C(=O)CC2(CCCCC2)C1=O)c1ccc2c(c1)OCCO2. The van der Waals surface area contributed by atoms with E-state index >= 15 is 0 Å². The van der Waals surface area contributed by atoms with Crippen LogP contribution in [0.15, 0.2) is 18.2 Å². The summed E-state index contributed by atoms with van der Waals surface area (Å²) in [5.41, 5.74) is 0.317. The number of nitrogens with one attached hydrogen (secondary N) is 1. The Balaban J connectivity index is 1.39. The monoisotopic (exact) mass is 386 g/mol. The van der Waals surface area contributed by atoms with E-state index in [0.717, 1.165) is 42.6 Å². The molecule has 28 heavy (non-hydrogen) atoms. The average molecular weight is 386 g/mol. The zero-order chi connectivity index (χ0) is 19.7. The number of imide groups is 1. The summed E-state index contributed by atoms with van der Waals surface area (Å²) in [6.07, 6.45) is 4.81. The predicted octanol–water partition coefficient (Wildman–Crippen LogP) is 2.34. The molecule has 1 aromatic rings. The molecule has 1 unspecified atom stereocenters. The van der Waals surface area contributed by atoms with Gasteiger partial charge in [-0.15, -0.1) is 0 Å². The molecule has 0 bridgehead atoms. The highest BCUT2D eigenvalue weighted by Crippen LogP contribution is 2.45. The second-order valence-electron chi connectivity index (χ2n) is 8.00. The minimum atomic E-state index is -0.558. The molecule has 1 N–H and O–H groups in total. The lowest BCUT2D eigenvalue weighted by atomic mass is 9.73. The first kappa shape index (κ1) is 18.8. The number of hydrogen-bond donors (Lipinski definition) is 1. The number of carbonyl (C=O) groups is 3. The molecule has 3 aliphatic rings. The van der Waals surface area contributed by atoms with Gasteiger partial charge < -0.3 is 14.8 Å². The van der Waals surface area contributed by atoms with Crippen LogP contribution in [-0.2, 0) is 14.4 Å². The van der Waals surface area contributed by atoms with E-state index < -0.39 is 5.41 Å². The van der Waals surface area contributed by atoms with Gasteiger partial charge in [-0.3, -0.25) is 19.3 Å². The van der Waals surface area contributed by atoms with Crippen LogP contribution in [0.1, 0.15) is 57.1 Å². The Morgan fingerprint density at radius 2 is 1.86 bits per heavy atom. The first-order valence-corrected chi connectivity index (χ1v) is 10.0. The zero-order valence-corrected chi connectivity index (χ0v) is 16.2. The summed E-state index contributed by atoms with van der Waals surface area (Å²) in [5.74, 6) is 0.624. The van der Waals surface area contributed by atoms with Crippen molar-refractivity contribution in [1.29, 1.82) is 0 Å². The van der Waals surface area contributed by atoms with Crippen molar-refractivity contribution < 1.29 is 23.9 Å². The van der Waals surface area contributed by atoms with Gasteiger partial charge in [-0.25, -0.2) is 0 Å². The van der Waals surface area contributed by atoms with Crippen molar-refractivity contribution in [3.63, 3.8) is 0 Å². The molecule has 3 amide bonds. The van der Waals surface area contributed by atoms with E-state index in [1.807, 2.05) is 25.1 Å². The molecule has 2 fully saturated rings. The minimum absolute atomic E-state index is 0.167. The van der Waals surface area contributed by atoms with Crippen molar-refractivity contribution >= 4 is 17.7 Å². The Labute approximate surface area is 164 Å². The normalized spacial score (nSPS) is 21.7. The third-order valence-corrected chi connectivity index (χ3v) is 6.05. The summed E-state index contributed by atoms with van der Waals surface area (Å²) in [4.78, 5) is 38.9. The number of nitrogens with zero attached hydrogens (tertiary/aromatic N) is 1. The van der Waals surface area contributed by atoms with E-state index in [2.05, 4.69) is 5.32 Å². The molecular weight excluding hydrogens is 360 g/mol. The first-order chi connectivity index (χ1) is 13.5. The maximum atomic E-state index is 12.8. The van der Waals surface area contributed by atoms with Gasteiger partial charge in [0.05, 0.1) is 11.5 Å². The number of likely N-dealkylation sites (tertiary alicyclic amines) is 1. The molecule has 2 aliphatic heterocycles. The lowest BCUT2D eigenvalue weighted by Gasteiger charge is -2.30. The standard InChI is InChI=1S/C21H26N2O5/c1-14(15-5-6-16-17(11-15)28-10-9-27-16)22-18(24)13-23-19(25)12-21(20(23)26)7-3-2-4-8-21/h5-6,11,14H,2-4,7-10,12-13H2,1H3,(H,22,24). The van der Waals surface area contributed by atoms with Gasteiger partial charge in [0.15, 0.2) is 11.5 Å². The van der Waals surface area contributed by atoms with E-state index in [4.69, 9.17) is 9.47 Å². The van der Waals surface area contributed by atoms with E-state index in [0.29, 0.717) is 24.7 Å². The molecule has 2 heterocycles. The summed E-state index contributed by atoms with van der Waals surface area (Å²) in [6, 6.07) is 5.27. The predicted molar refractivity (Wildman–Crippen MR) is 101 cm³/mol. The van der Waals surface area contributed by atoms with Crippen LogP contribution in [0, 0.1) is 5.41 Å². The van der Waals surface area contributed by atoms with Crippen molar-refractivity contribution in [2.75, 3.05) is 19.8 Å². The lowest BCUT2D eigenvalue weighted by molar-refractivity contribution is -0.145. The van der Waals surface area contributed by atoms with Crippen molar-refractivity contribution in [3.8, 4) is 11.5 Å². The molecule has 7 nitrogen and oxygen atoms in total. The number of amides is 3. The van der Waals surface area contributed by atoms with Crippen molar-refractivity contribution in [1.82, 2.24) is 10.2 Å². The lowest BCUT2D eigenvalue weighted by Crippen LogP contribution is -2.43. The minimum Gasteiger partial charge on any atom is -0.486 e. The van der Waals surface area contributed by atoms with Crippen LogP contribution in [-0.4, -0.2) is 42.4 Å². The number of rotatable bonds is 4. The zero-order valence-electron chi connectivity index (χ0n) is 16.2. The van der Waals surface area contributed by atoms with Crippen LogP contribution < -0.4 is 14.8 Å². The molecule has 1 atom stereocenters. The average Bonchev–Trinajstić information content (AvgIpc) is 2.92. The van der Waals surface area contributed by atoms with E-state index in [1.165, 1.54) is 0 Å². The van der Waals surface area contributed by atoms with Crippen LogP contribution in [0.4, 0.5) is 0 Å². The van der Waals surface area contributed by atoms with Gasteiger partial charge in [0.1, 0.15) is 19.8 Å². The quantitative estimate of drug-likeness (QED) is 0.803. The van der Waals surface area contributed by atoms with Crippen LogP contribution in [0.25, 0.3) is 0 Å². The molecule has 1 aliphatic carbocycles. The second kappa shape index (κ2) is 7.45. The van der Waals surface area contributed by atoms with Gasteiger partial charge in [0.2, 0.25) is 17.7 Å². The summed E-state index contributed by atoms with van der Waals surface area (Å²) >= 11 is 0. The van der Waals surface area contributed by atoms with Gasteiger partial charge >= 0.3 is 0 Å². The fraction of sp³-hybridized carbons (Fsp3) is 0.571. The maximum Gasteiger partial charge on any atom is 0.240 e. The third kappa shape index (κ3) is 3.45. The number of carbonyl (C=O) groups excluding carboxylic acids is 3. The highest BCUT2D eigenvalue weighted by Gasteiger charge is 2.51. The molecule has 1 saturated carbocycles. The molecule has 150 valence electrons. The fourth-order valence-electron chi connectivity index (χ4n) is 4.48. The highest BCUT2D eigenvalue weighted by atomic mass is 16.6. The molecule has 1 aromatic carbocycles. The van der Waals surface area contributed by atoms with Gasteiger partial charge in [0, 0.05) is 6.42 Å². The molecule has 0 aromatic heterocycles. The Kier molecular flexibility index (Phi) is 5.00. The highest BCUT2D eigenvalue weighted by molar-refractivity contribution is 6.08. The molecular formula is C21H26N2O5. The first-order valence-electron chi connectivity index (χ1n) is 10.0. The Morgan fingerprint density at radius 3 is 2.61 bits per heavy atom. The van der Waals surface area contributed by atoms with Crippen LogP contribution in [0.5, 0.6) is 11.5 Å². The number of benzene rings is 1. The Morgan fingerprint density at radius 1 is 1.14 bits per heavy atom. The van der Waals surface area contributed by atoms with Crippen molar-refractivity contribution in [2.24, 2.45) is 5.41 Å².